The maximum absolute atomic E-state index is 14.3. The number of hydrogen-bond donors (Lipinski definition) is 3. The molecule has 1 spiro atoms. The molecule has 0 aromatic rings. The van der Waals surface area contributed by atoms with Crippen LogP contribution in [-0.4, -0.2) is 146 Å². The minimum absolute atomic E-state index is 0.0319. The Labute approximate surface area is 361 Å². The van der Waals surface area contributed by atoms with Crippen LogP contribution in [0.5, 0.6) is 0 Å². The average Bonchev–Trinajstić information content (AvgIpc) is 3.58. The maximum atomic E-state index is 14.3. The fourth-order valence-electron chi connectivity index (χ4n) is 10.3. The molecule has 14 heteroatoms. The third kappa shape index (κ3) is 9.99. The van der Waals surface area contributed by atoms with Crippen LogP contribution < -0.4 is 5.32 Å². The van der Waals surface area contributed by atoms with Gasteiger partial charge in [-0.2, -0.15) is 0 Å². The molecule has 7 aliphatic rings. The fourth-order valence-corrected chi connectivity index (χ4v) is 10.3. The van der Waals surface area contributed by atoms with Crippen molar-refractivity contribution in [1.82, 2.24) is 10.2 Å². The van der Waals surface area contributed by atoms with E-state index in [4.69, 9.17) is 37.9 Å². The Kier molecular flexibility index (Phi) is 14.8. The van der Waals surface area contributed by atoms with E-state index in [2.05, 4.69) is 50.1 Å². The number of hydrogen-bond acceptors (Lipinski definition) is 14. The van der Waals surface area contributed by atoms with Crippen molar-refractivity contribution in [2.45, 2.75) is 153 Å². The summed E-state index contributed by atoms with van der Waals surface area (Å²) in [5.41, 5.74) is 0.127. The number of nitrogens with zero attached hydrogens (tertiary/aromatic N) is 1. The Hall–Kier alpha value is -2.76. The van der Waals surface area contributed by atoms with Gasteiger partial charge in [0.15, 0.2) is 18.2 Å². The van der Waals surface area contributed by atoms with E-state index < -0.39 is 72.3 Å². The van der Waals surface area contributed by atoms with Crippen LogP contribution in [0.4, 0.5) is 0 Å². The lowest BCUT2D eigenvalue weighted by molar-refractivity contribution is -0.300. The Morgan fingerprint density at radius 3 is 2.57 bits per heavy atom. The predicted octanol–water partition coefficient (Wildman–Crippen LogP) is 4.30. The van der Waals surface area contributed by atoms with Gasteiger partial charge in [0.1, 0.15) is 35.9 Å². The van der Waals surface area contributed by atoms with E-state index in [9.17, 15) is 19.8 Å². The Bertz CT molecular complexity index is 1720. The fraction of sp³-hybridized carbons (Fsp3) is 0.745. The van der Waals surface area contributed by atoms with Gasteiger partial charge in [0.05, 0.1) is 37.6 Å². The molecule has 0 aromatic heterocycles. The van der Waals surface area contributed by atoms with Gasteiger partial charge >= 0.3 is 11.9 Å². The number of aliphatic hydroxyl groups is 2. The average molecular weight is 855 g/mol. The Morgan fingerprint density at radius 1 is 1.07 bits per heavy atom. The van der Waals surface area contributed by atoms with Crippen molar-refractivity contribution < 1.29 is 57.7 Å². The molecule has 4 saturated heterocycles. The van der Waals surface area contributed by atoms with Crippen LogP contribution in [0.15, 0.2) is 59.3 Å². The van der Waals surface area contributed by atoms with E-state index >= 15 is 0 Å². The van der Waals surface area contributed by atoms with E-state index in [1.54, 1.807) is 26.2 Å². The lowest BCUT2D eigenvalue weighted by Crippen LogP contribution is -2.58. The predicted molar refractivity (Wildman–Crippen MR) is 226 cm³/mol. The molecule has 0 aromatic carbocycles. The topological polar surface area (TPSA) is 164 Å². The van der Waals surface area contributed by atoms with Crippen molar-refractivity contribution in [2.75, 3.05) is 46.4 Å². The highest BCUT2D eigenvalue weighted by Gasteiger charge is 2.60. The molecule has 4 fully saturated rings. The second kappa shape index (κ2) is 19.5. The molecule has 1 aliphatic carbocycles. The summed E-state index contributed by atoms with van der Waals surface area (Å²) in [4.78, 5) is 29.5. The molecule has 0 amide bonds. The first-order valence-corrected chi connectivity index (χ1v) is 22.6. The molecule has 6 unspecified atom stereocenters. The van der Waals surface area contributed by atoms with Crippen LogP contribution in [0.3, 0.4) is 0 Å². The minimum atomic E-state index is -1.83. The van der Waals surface area contributed by atoms with Crippen molar-refractivity contribution in [3.8, 4) is 0 Å². The third-order valence-corrected chi connectivity index (χ3v) is 14.1. The minimum Gasteiger partial charge on any atom is -0.462 e. The summed E-state index contributed by atoms with van der Waals surface area (Å²) in [6, 6.07) is 0. The molecule has 0 saturated carbocycles. The first-order chi connectivity index (χ1) is 29.1. The lowest BCUT2D eigenvalue weighted by atomic mass is 9.71. The standard InChI is InChI=1S/C47H70N2O12/c1-9-27(2)42-30(5)15-16-46(61-42)24-35-22-34(60-46)14-13-29(4)41(59-39-23-37(54-8)43(32(7)56-39)58-38(50)25-49-19-17-48-18-20-49)28(3)11-10-12-33-26-55-44-40(51)31(6)21-36(45(52)57-35)47(33,44)53/h10-13,15-16,21,27-28,30,32,34-37,39-44,48,51,53H,9,14,17-20,22-26H2,1-8H3/t27-,28-,30-,32?,34+,35-,36?,37?,39?,40+,41-,42+,43?,44+,46?,47+/m0/s1. The number of piperazine rings is 1. The summed E-state index contributed by atoms with van der Waals surface area (Å²) in [6.07, 6.45) is 10.1. The Morgan fingerprint density at radius 2 is 1.84 bits per heavy atom. The quantitative estimate of drug-likeness (QED) is 0.234. The van der Waals surface area contributed by atoms with E-state index in [0.717, 1.165) is 38.2 Å². The van der Waals surface area contributed by atoms with Gasteiger partial charge < -0.3 is 53.4 Å². The molecule has 7 rings (SSSR count). The molecule has 0 radical (unpaired) electrons. The van der Waals surface area contributed by atoms with Crippen molar-refractivity contribution in [3.63, 3.8) is 0 Å². The molecule has 3 N–H and O–H groups in total. The van der Waals surface area contributed by atoms with Gasteiger partial charge in [-0.3, -0.25) is 14.5 Å². The summed E-state index contributed by atoms with van der Waals surface area (Å²) in [6.45, 7) is 17.7. The van der Waals surface area contributed by atoms with Gasteiger partial charge in [0.25, 0.3) is 0 Å². The number of fused-ring (bicyclic) bond motifs is 2. The summed E-state index contributed by atoms with van der Waals surface area (Å²) in [5, 5.41) is 27.0. The van der Waals surface area contributed by atoms with Gasteiger partial charge in [-0.1, -0.05) is 70.6 Å². The monoisotopic (exact) mass is 854 g/mol. The second-order valence-electron chi connectivity index (χ2n) is 18.6. The number of rotatable bonds is 8. The van der Waals surface area contributed by atoms with Crippen molar-refractivity contribution in [2.24, 2.45) is 23.7 Å². The zero-order valence-corrected chi connectivity index (χ0v) is 37.3. The number of carbonyl (C=O) groups excluding carboxylic acids is 2. The highest BCUT2D eigenvalue weighted by atomic mass is 16.7. The highest BCUT2D eigenvalue weighted by molar-refractivity contribution is 5.78. The normalized spacial score (nSPS) is 42.8. The molecule has 6 aliphatic heterocycles. The van der Waals surface area contributed by atoms with Crippen molar-refractivity contribution in [1.29, 1.82) is 0 Å². The SMILES string of the molecule is CC[C@H](C)[C@H]1OC2(C=C[C@@H]1C)C[C@@H]1C[C@@H](CC=C(C)[C@@H](OC3CC(OC)C(OC(=O)CN4CCNCC4)C(C)O3)[C@@H](C)C=CC=C3CO[C@@H]4[C@H](O)C(C)=CC(C(=O)O1)[C@]34O)O2. The molecule has 2 bridgehead atoms. The van der Waals surface area contributed by atoms with E-state index in [1.807, 2.05) is 32.1 Å². The first-order valence-electron chi connectivity index (χ1n) is 22.6. The van der Waals surface area contributed by atoms with Gasteiger partial charge in [0, 0.05) is 64.4 Å². The second-order valence-corrected chi connectivity index (χ2v) is 18.6. The molecule has 340 valence electrons. The lowest BCUT2D eigenvalue weighted by Gasteiger charge is -2.48. The molecular weight excluding hydrogens is 785 g/mol. The number of nitrogens with one attached hydrogen (secondary N) is 1. The number of aliphatic hydroxyl groups excluding tert-OH is 1. The number of esters is 2. The van der Waals surface area contributed by atoms with Crippen LogP contribution in [-0.2, 0) is 47.5 Å². The zero-order valence-electron chi connectivity index (χ0n) is 37.3. The summed E-state index contributed by atoms with van der Waals surface area (Å²) in [7, 11) is 1.61. The maximum Gasteiger partial charge on any atom is 0.320 e. The van der Waals surface area contributed by atoms with Crippen LogP contribution in [0.25, 0.3) is 0 Å². The van der Waals surface area contributed by atoms with Gasteiger partial charge in [-0.25, -0.2) is 0 Å². The molecular formula is C47H70N2O12. The summed E-state index contributed by atoms with van der Waals surface area (Å²) >= 11 is 0. The number of ether oxygens (including phenoxy) is 8. The number of methoxy groups -OCH3 is 1. The Balaban J connectivity index is 1.17. The van der Waals surface area contributed by atoms with Crippen LogP contribution >= 0.6 is 0 Å². The van der Waals surface area contributed by atoms with Crippen molar-refractivity contribution in [3.05, 3.63) is 59.3 Å². The number of allylic oxidation sites excluding steroid dienone is 2. The molecule has 14 nitrogen and oxygen atoms in total. The summed E-state index contributed by atoms with van der Waals surface area (Å²) < 4.78 is 51.4. The van der Waals surface area contributed by atoms with E-state index in [0.29, 0.717) is 36.8 Å². The van der Waals surface area contributed by atoms with E-state index in [1.165, 1.54) is 0 Å². The molecule has 61 heavy (non-hydrogen) atoms. The largest absolute Gasteiger partial charge is 0.462 e. The summed E-state index contributed by atoms with van der Waals surface area (Å²) in [5.74, 6) is -2.87. The first kappa shape index (κ1) is 46.2. The van der Waals surface area contributed by atoms with Crippen molar-refractivity contribution >= 4 is 11.9 Å². The van der Waals surface area contributed by atoms with Gasteiger partial charge in [-0.05, 0) is 55.9 Å². The highest BCUT2D eigenvalue weighted by Crippen LogP contribution is 2.47. The molecule has 16 atom stereocenters. The van der Waals surface area contributed by atoms with Crippen LogP contribution in [0.1, 0.15) is 80.6 Å². The third-order valence-electron chi connectivity index (χ3n) is 14.1. The van der Waals surface area contributed by atoms with Crippen LogP contribution in [0, 0.1) is 23.7 Å². The van der Waals surface area contributed by atoms with Crippen LogP contribution in [0.2, 0.25) is 0 Å². The zero-order chi connectivity index (χ0) is 43.6. The van der Waals surface area contributed by atoms with Gasteiger partial charge in [-0.15, -0.1) is 0 Å². The van der Waals surface area contributed by atoms with Gasteiger partial charge in [0.2, 0.25) is 0 Å². The molecule has 6 heterocycles. The smallest absolute Gasteiger partial charge is 0.320 e. The van der Waals surface area contributed by atoms with E-state index in [-0.39, 0.29) is 49.1 Å². The number of carbonyl (C=O) groups is 2.